The molecule has 0 radical (unpaired) electrons. The summed E-state index contributed by atoms with van der Waals surface area (Å²) in [6, 6.07) is 15.2. The largest absolute Gasteiger partial charge is 0.508 e. The Bertz CT molecular complexity index is 1040. The predicted octanol–water partition coefficient (Wildman–Crippen LogP) is 6.69. The van der Waals surface area contributed by atoms with E-state index < -0.39 is 0 Å². The van der Waals surface area contributed by atoms with Crippen LogP contribution in [0, 0.1) is 0 Å². The number of halogens is 1. The van der Waals surface area contributed by atoms with Gasteiger partial charge in [-0.3, -0.25) is 0 Å². The van der Waals surface area contributed by atoms with Crippen LogP contribution in [0.4, 0.5) is 0 Å². The van der Waals surface area contributed by atoms with Crippen LogP contribution in [0.2, 0.25) is 5.02 Å². The highest BCUT2D eigenvalue weighted by atomic mass is 35.5. The summed E-state index contributed by atoms with van der Waals surface area (Å²) in [6.07, 6.45) is 3.23. The molecule has 1 aromatic heterocycles. The minimum Gasteiger partial charge on any atom is -0.508 e. The number of nitrogens with zero attached hydrogens (tertiary/aromatic N) is 1. The Labute approximate surface area is 169 Å². The molecule has 1 N–H and O–H groups in total. The summed E-state index contributed by atoms with van der Waals surface area (Å²) in [6.45, 7) is 9.43. The van der Waals surface area contributed by atoms with E-state index in [4.69, 9.17) is 20.8 Å². The number of aliphatic hydroxyl groups is 1. The van der Waals surface area contributed by atoms with Gasteiger partial charge in [-0.05, 0) is 48.4 Å². The second-order valence-corrected chi connectivity index (χ2v) is 6.57. The third-order valence-electron chi connectivity index (χ3n) is 4.10. The number of aliphatic hydroxyl groups excluding tert-OH is 1. The van der Waals surface area contributed by atoms with Crippen LogP contribution in [-0.2, 0) is 6.61 Å². The van der Waals surface area contributed by atoms with Gasteiger partial charge in [0.15, 0.2) is 5.76 Å². The maximum Gasteiger partial charge on any atom is 0.228 e. The van der Waals surface area contributed by atoms with Gasteiger partial charge >= 0.3 is 0 Å². The van der Waals surface area contributed by atoms with Crippen molar-refractivity contribution in [2.45, 2.75) is 13.5 Å². The average Bonchev–Trinajstić information content (AvgIpc) is 3.09. The highest BCUT2D eigenvalue weighted by Gasteiger charge is 2.15. The number of hydrogen-bond acceptors (Lipinski definition) is 4. The molecule has 0 amide bonds. The van der Waals surface area contributed by atoms with Gasteiger partial charge in [0.25, 0.3) is 0 Å². The fourth-order valence-electron chi connectivity index (χ4n) is 2.49. The molecule has 0 aliphatic heterocycles. The SMILES string of the molecule is C=Cc1nc(-c2ccc(OCc3ccccc3)cc2Cl)oc1/C=C(\C)C(=C)O. The van der Waals surface area contributed by atoms with E-state index in [0.717, 1.165) is 5.56 Å². The highest BCUT2D eigenvalue weighted by Crippen LogP contribution is 2.33. The minimum atomic E-state index is -0.0362. The van der Waals surface area contributed by atoms with E-state index in [1.165, 1.54) is 0 Å². The van der Waals surface area contributed by atoms with E-state index in [0.29, 0.717) is 45.9 Å². The first-order valence-corrected chi connectivity index (χ1v) is 9.02. The molecule has 0 unspecified atom stereocenters. The molecule has 0 aliphatic carbocycles. The average molecular weight is 394 g/mol. The van der Waals surface area contributed by atoms with Crippen molar-refractivity contribution in [3.63, 3.8) is 0 Å². The standard InChI is InChI=1S/C23H20ClNO3/c1-4-21-22(12-15(2)16(3)26)28-23(25-21)19-11-10-18(13-20(19)24)27-14-17-8-6-5-7-9-17/h4-13,26H,1,3,14H2,2H3/b15-12+. The lowest BCUT2D eigenvalue weighted by Crippen LogP contribution is -1.95. The molecule has 0 fully saturated rings. The van der Waals surface area contributed by atoms with Crippen molar-refractivity contribution in [2.24, 2.45) is 0 Å². The van der Waals surface area contributed by atoms with Crippen LogP contribution in [0.25, 0.3) is 23.6 Å². The normalized spacial score (nSPS) is 11.3. The zero-order chi connectivity index (χ0) is 20.1. The minimum absolute atomic E-state index is 0.0362. The first kappa shape index (κ1) is 19.5. The van der Waals surface area contributed by atoms with Crippen LogP contribution in [-0.4, -0.2) is 10.1 Å². The molecule has 3 rings (SSSR count). The van der Waals surface area contributed by atoms with E-state index in [-0.39, 0.29) is 5.76 Å². The molecule has 0 bridgehead atoms. The van der Waals surface area contributed by atoms with Crippen LogP contribution < -0.4 is 4.74 Å². The van der Waals surface area contributed by atoms with E-state index in [1.54, 1.807) is 31.2 Å². The van der Waals surface area contributed by atoms with Gasteiger partial charge in [0.2, 0.25) is 5.89 Å². The van der Waals surface area contributed by atoms with Crippen LogP contribution in [0.5, 0.6) is 5.75 Å². The summed E-state index contributed by atoms with van der Waals surface area (Å²) in [7, 11) is 0. The third-order valence-corrected chi connectivity index (χ3v) is 4.41. The molecule has 2 aromatic carbocycles. The molecule has 28 heavy (non-hydrogen) atoms. The van der Waals surface area contributed by atoms with Crippen molar-refractivity contribution in [3.05, 3.63) is 95.1 Å². The molecule has 1 heterocycles. The molecule has 0 aliphatic rings. The Morgan fingerprint density at radius 1 is 1.25 bits per heavy atom. The maximum absolute atomic E-state index is 9.49. The van der Waals surface area contributed by atoms with Crippen LogP contribution >= 0.6 is 11.6 Å². The fourth-order valence-corrected chi connectivity index (χ4v) is 2.74. The summed E-state index contributed by atoms with van der Waals surface area (Å²) in [5, 5.41) is 9.95. The maximum atomic E-state index is 9.49. The van der Waals surface area contributed by atoms with Gasteiger partial charge < -0.3 is 14.3 Å². The Hall–Kier alpha value is -3.24. The number of rotatable bonds is 7. The van der Waals surface area contributed by atoms with Gasteiger partial charge in [0.1, 0.15) is 23.8 Å². The third kappa shape index (κ3) is 4.53. The van der Waals surface area contributed by atoms with Gasteiger partial charge in [0.05, 0.1) is 10.6 Å². The fraction of sp³-hybridized carbons (Fsp3) is 0.0870. The van der Waals surface area contributed by atoms with Gasteiger partial charge in [-0.15, -0.1) is 0 Å². The number of allylic oxidation sites excluding steroid dienone is 1. The molecular formula is C23H20ClNO3. The van der Waals surface area contributed by atoms with Crippen molar-refractivity contribution in [1.29, 1.82) is 0 Å². The molecule has 0 atom stereocenters. The monoisotopic (exact) mass is 393 g/mol. The molecule has 142 valence electrons. The number of hydrogen-bond donors (Lipinski definition) is 1. The van der Waals surface area contributed by atoms with Gasteiger partial charge in [-0.25, -0.2) is 4.98 Å². The molecule has 4 nitrogen and oxygen atoms in total. The Kier molecular flexibility index (Phi) is 6.02. The lowest BCUT2D eigenvalue weighted by atomic mass is 10.2. The first-order valence-electron chi connectivity index (χ1n) is 8.64. The lowest BCUT2D eigenvalue weighted by molar-refractivity contribution is 0.306. The molecule has 5 heteroatoms. The van der Waals surface area contributed by atoms with Crippen molar-refractivity contribution >= 4 is 23.8 Å². The Morgan fingerprint density at radius 2 is 2.00 bits per heavy atom. The number of ether oxygens (including phenoxy) is 1. The molecule has 0 saturated heterocycles. The predicted molar refractivity (Wildman–Crippen MR) is 113 cm³/mol. The highest BCUT2D eigenvalue weighted by molar-refractivity contribution is 6.33. The molecule has 3 aromatic rings. The lowest BCUT2D eigenvalue weighted by Gasteiger charge is -2.08. The van der Waals surface area contributed by atoms with E-state index in [2.05, 4.69) is 18.1 Å². The molecule has 0 spiro atoms. The summed E-state index contributed by atoms with van der Waals surface area (Å²) in [5.41, 5.74) is 2.83. The van der Waals surface area contributed by atoms with Crippen LogP contribution in [0.1, 0.15) is 23.9 Å². The van der Waals surface area contributed by atoms with Gasteiger partial charge in [0, 0.05) is 0 Å². The quantitative estimate of drug-likeness (QED) is 0.358. The van der Waals surface area contributed by atoms with Crippen molar-refractivity contribution in [3.8, 4) is 17.2 Å². The van der Waals surface area contributed by atoms with E-state index >= 15 is 0 Å². The van der Waals surface area contributed by atoms with Gasteiger partial charge in [-0.1, -0.05) is 55.1 Å². The summed E-state index contributed by atoms with van der Waals surface area (Å²) in [5.74, 6) is 1.45. The second-order valence-electron chi connectivity index (χ2n) is 6.16. The zero-order valence-corrected chi connectivity index (χ0v) is 16.2. The number of aromatic nitrogens is 1. The Morgan fingerprint density at radius 3 is 2.64 bits per heavy atom. The van der Waals surface area contributed by atoms with Crippen molar-refractivity contribution < 1.29 is 14.3 Å². The molecule has 0 saturated carbocycles. The molecular weight excluding hydrogens is 374 g/mol. The zero-order valence-electron chi connectivity index (χ0n) is 15.5. The first-order chi connectivity index (χ1) is 13.5. The van der Waals surface area contributed by atoms with Crippen LogP contribution in [0.15, 0.2) is 77.4 Å². The number of oxazole rings is 1. The summed E-state index contributed by atoms with van der Waals surface area (Å²) < 4.78 is 11.6. The smallest absolute Gasteiger partial charge is 0.228 e. The second kappa shape index (κ2) is 8.63. The summed E-state index contributed by atoms with van der Waals surface area (Å²) in [4.78, 5) is 4.43. The van der Waals surface area contributed by atoms with Crippen LogP contribution in [0.3, 0.4) is 0 Å². The van der Waals surface area contributed by atoms with Gasteiger partial charge in [-0.2, -0.15) is 0 Å². The number of benzene rings is 2. The van der Waals surface area contributed by atoms with Crippen molar-refractivity contribution in [2.75, 3.05) is 0 Å². The summed E-state index contributed by atoms with van der Waals surface area (Å²) >= 11 is 6.43. The Balaban J connectivity index is 1.84. The van der Waals surface area contributed by atoms with E-state index in [1.807, 2.05) is 36.4 Å². The van der Waals surface area contributed by atoms with E-state index in [9.17, 15) is 5.11 Å². The topological polar surface area (TPSA) is 55.5 Å². The van der Waals surface area contributed by atoms with Crippen molar-refractivity contribution in [1.82, 2.24) is 4.98 Å².